The van der Waals surface area contributed by atoms with Gasteiger partial charge in [0.25, 0.3) is 0 Å². The van der Waals surface area contributed by atoms with Gasteiger partial charge in [0.1, 0.15) is 0 Å². The monoisotopic (exact) mass is 319 g/mol. The maximum Gasteiger partial charge on any atom is 0.0635 e. The fourth-order valence-corrected chi connectivity index (χ4v) is 3.39. The van der Waals surface area contributed by atoms with Gasteiger partial charge >= 0.3 is 0 Å². The Morgan fingerprint density at radius 2 is 2.29 bits per heavy atom. The van der Waals surface area contributed by atoms with Crippen LogP contribution in [0.15, 0.2) is 10.7 Å². The summed E-state index contributed by atoms with van der Waals surface area (Å²) < 4.78 is 3.26. The molecule has 1 aliphatic rings. The van der Waals surface area contributed by atoms with E-state index in [0.717, 1.165) is 30.4 Å². The zero-order valence-corrected chi connectivity index (χ0v) is 12.7. The predicted molar refractivity (Wildman–Crippen MR) is 74.7 cm³/mol. The molecule has 1 fully saturated rings. The summed E-state index contributed by atoms with van der Waals surface area (Å²) in [6.07, 6.45) is 5.29. The quantitative estimate of drug-likeness (QED) is 0.795. The van der Waals surface area contributed by atoms with E-state index in [1.165, 1.54) is 12.1 Å². The highest BCUT2D eigenvalue weighted by atomic mass is 79.9. The fourth-order valence-electron chi connectivity index (χ4n) is 2.43. The van der Waals surface area contributed by atoms with Gasteiger partial charge in [0.05, 0.1) is 22.9 Å². The van der Waals surface area contributed by atoms with Gasteiger partial charge in [-0.25, -0.2) is 0 Å². The minimum Gasteiger partial charge on any atom is -0.308 e. The maximum absolute atomic E-state index is 6.20. The lowest BCUT2D eigenvalue weighted by Gasteiger charge is -2.16. The van der Waals surface area contributed by atoms with Crippen LogP contribution in [0.5, 0.6) is 0 Å². The van der Waals surface area contributed by atoms with Gasteiger partial charge in [-0.15, -0.1) is 11.6 Å². The molecule has 0 N–H and O–H groups in total. The van der Waals surface area contributed by atoms with E-state index < -0.39 is 0 Å². The molecule has 17 heavy (non-hydrogen) atoms. The van der Waals surface area contributed by atoms with Crippen molar-refractivity contribution in [2.45, 2.75) is 37.1 Å². The molecule has 0 bridgehead atoms. The SMILES string of the molecule is CN(C)CCn1ncc(Br)c1C1CCC(Cl)C1. The molecule has 1 saturated carbocycles. The van der Waals surface area contributed by atoms with Crippen LogP contribution in [0, 0.1) is 0 Å². The summed E-state index contributed by atoms with van der Waals surface area (Å²) in [6.45, 7) is 1.95. The molecule has 3 nitrogen and oxygen atoms in total. The maximum atomic E-state index is 6.20. The van der Waals surface area contributed by atoms with Crippen molar-refractivity contribution in [3.05, 3.63) is 16.4 Å². The molecule has 0 spiro atoms. The number of hydrogen-bond acceptors (Lipinski definition) is 2. The molecule has 1 aromatic rings. The number of aromatic nitrogens is 2. The highest BCUT2D eigenvalue weighted by Gasteiger charge is 2.28. The molecule has 5 heteroatoms. The Labute approximate surface area is 116 Å². The zero-order valence-electron chi connectivity index (χ0n) is 10.4. The van der Waals surface area contributed by atoms with Crippen molar-refractivity contribution < 1.29 is 0 Å². The average molecular weight is 321 g/mol. The smallest absolute Gasteiger partial charge is 0.0635 e. The van der Waals surface area contributed by atoms with Gasteiger partial charge in [-0.05, 0) is 49.3 Å². The van der Waals surface area contributed by atoms with Crippen molar-refractivity contribution in [2.24, 2.45) is 0 Å². The lowest BCUT2D eigenvalue weighted by molar-refractivity contribution is 0.366. The van der Waals surface area contributed by atoms with E-state index in [9.17, 15) is 0 Å². The number of halogens is 2. The van der Waals surface area contributed by atoms with Crippen LogP contribution in [0.1, 0.15) is 30.9 Å². The van der Waals surface area contributed by atoms with Crippen LogP contribution in [-0.2, 0) is 6.54 Å². The molecule has 0 saturated heterocycles. The lowest BCUT2D eigenvalue weighted by Crippen LogP contribution is -2.20. The van der Waals surface area contributed by atoms with E-state index >= 15 is 0 Å². The highest BCUT2D eigenvalue weighted by molar-refractivity contribution is 9.10. The second-order valence-electron chi connectivity index (χ2n) is 5.01. The number of nitrogens with zero attached hydrogens (tertiary/aromatic N) is 3. The minimum atomic E-state index is 0.337. The number of likely N-dealkylation sites (N-methyl/N-ethyl adjacent to an activating group) is 1. The molecular weight excluding hydrogens is 302 g/mol. The van der Waals surface area contributed by atoms with E-state index in [2.05, 4.69) is 44.7 Å². The van der Waals surface area contributed by atoms with Gasteiger partial charge in [0, 0.05) is 17.8 Å². The first kappa shape index (κ1) is 13.4. The summed E-state index contributed by atoms with van der Waals surface area (Å²) in [5, 5.41) is 4.79. The first-order valence-corrected chi connectivity index (χ1v) is 7.31. The van der Waals surface area contributed by atoms with Crippen molar-refractivity contribution in [1.29, 1.82) is 0 Å². The molecule has 2 rings (SSSR count). The molecule has 2 unspecified atom stereocenters. The summed E-state index contributed by atoms with van der Waals surface area (Å²) in [5.41, 5.74) is 1.33. The van der Waals surface area contributed by atoms with Gasteiger partial charge in [0.2, 0.25) is 0 Å². The topological polar surface area (TPSA) is 21.1 Å². The van der Waals surface area contributed by atoms with Gasteiger partial charge < -0.3 is 4.90 Å². The Morgan fingerprint density at radius 1 is 1.53 bits per heavy atom. The summed E-state index contributed by atoms with van der Waals surface area (Å²) in [5.74, 6) is 0.566. The van der Waals surface area contributed by atoms with Crippen molar-refractivity contribution in [1.82, 2.24) is 14.7 Å². The van der Waals surface area contributed by atoms with E-state index in [1.807, 2.05) is 6.20 Å². The lowest BCUT2D eigenvalue weighted by atomic mass is 10.0. The first-order chi connectivity index (χ1) is 8.08. The Kier molecular flexibility index (Phi) is 4.50. The van der Waals surface area contributed by atoms with Crippen LogP contribution in [0.25, 0.3) is 0 Å². The molecule has 1 heterocycles. The first-order valence-electron chi connectivity index (χ1n) is 6.08. The van der Waals surface area contributed by atoms with E-state index in [0.29, 0.717) is 11.3 Å². The van der Waals surface area contributed by atoms with Crippen molar-refractivity contribution >= 4 is 27.5 Å². The predicted octanol–water partition coefficient (Wildman–Crippen LogP) is 3.08. The second-order valence-corrected chi connectivity index (χ2v) is 6.48. The van der Waals surface area contributed by atoms with Crippen LogP contribution in [-0.4, -0.2) is 40.7 Å². The number of alkyl halides is 1. The van der Waals surface area contributed by atoms with Crippen LogP contribution in [0.3, 0.4) is 0 Å². The molecule has 1 aliphatic carbocycles. The van der Waals surface area contributed by atoms with Crippen LogP contribution < -0.4 is 0 Å². The van der Waals surface area contributed by atoms with E-state index in [-0.39, 0.29) is 0 Å². The molecule has 96 valence electrons. The third-order valence-electron chi connectivity index (χ3n) is 3.35. The standard InChI is InChI=1S/C12H19BrClN3/c1-16(2)5-6-17-12(11(13)8-15-17)9-3-4-10(14)7-9/h8-10H,3-7H2,1-2H3. The molecule has 0 aliphatic heterocycles. The Bertz CT molecular complexity index is 378. The van der Waals surface area contributed by atoms with Gasteiger partial charge in [0.15, 0.2) is 0 Å². The second kappa shape index (κ2) is 5.72. The van der Waals surface area contributed by atoms with Gasteiger partial charge in [-0.2, -0.15) is 5.10 Å². The fraction of sp³-hybridized carbons (Fsp3) is 0.750. The Balaban J connectivity index is 2.12. The van der Waals surface area contributed by atoms with Gasteiger partial charge in [-0.3, -0.25) is 4.68 Å². The zero-order chi connectivity index (χ0) is 12.4. The van der Waals surface area contributed by atoms with Crippen LogP contribution in [0.4, 0.5) is 0 Å². The Morgan fingerprint density at radius 3 is 2.88 bits per heavy atom. The highest BCUT2D eigenvalue weighted by Crippen LogP contribution is 2.39. The summed E-state index contributed by atoms with van der Waals surface area (Å²) >= 11 is 9.82. The number of hydrogen-bond donors (Lipinski definition) is 0. The number of rotatable bonds is 4. The van der Waals surface area contributed by atoms with Gasteiger partial charge in [-0.1, -0.05) is 0 Å². The van der Waals surface area contributed by atoms with Crippen LogP contribution in [0.2, 0.25) is 0 Å². The largest absolute Gasteiger partial charge is 0.308 e. The van der Waals surface area contributed by atoms with Crippen molar-refractivity contribution in [2.75, 3.05) is 20.6 Å². The molecule has 0 radical (unpaired) electrons. The van der Waals surface area contributed by atoms with Crippen molar-refractivity contribution in [3.63, 3.8) is 0 Å². The molecule has 2 atom stereocenters. The van der Waals surface area contributed by atoms with Crippen molar-refractivity contribution in [3.8, 4) is 0 Å². The summed E-state index contributed by atoms with van der Waals surface area (Å²) in [6, 6.07) is 0. The normalized spacial score (nSPS) is 24.8. The van der Waals surface area contributed by atoms with E-state index in [1.54, 1.807) is 0 Å². The average Bonchev–Trinajstić information content (AvgIpc) is 2.82. The Hall–Kier alpha value is -0.0600. The summed E-state index contributed by atoms with van der Waals surface area (Å²) in [7, 11) is 4.17. The van der Waals surface area contributed by atoms with E-state index in [4.69, 9.17) is 11.6 Å². The third-order valence-corrected chi connectivity index (χ3v) is 4.35. The van der Waals surface area contributed by atoms with Crippen LogP contribution >= 0.6 is 27.5 Å². The molecule has 1 aromatic heterocycles. The molecule has 0 aromatic carbocycles. The molecule has 0 amide bonds. The molecular formula is C12H19BrClN3. The third kappa shape index (κ3) is 3.24. The minimum absolute atomic E-state index is 0.337. The summed E-state index contributed by atoms with van der Waals surface area (Å²) in [4.78, 5) is 2.18.